The maximum atomic E-state index is 3.20. The SMILES string of the molecule is BNC1CC=CC1. The third-order valence-corrected chi connectivity index (χ3v) is 1.42. The summed E-state index contributed by atoms with van der Waals surface area (Å²) in [6.45, 7) is 0. The first-order valence-electron chi connectivity index (χ1n) is 2.76. The van der Waals surface area contributed by atoms with E-state index in [0.29, 0.717) is 0 Å². The van der Waals surface area contributed by atoms with Gasteiger partial charge in [0, 0.05) is 6.04 Å². The van der Waals surface area contributed by atoms with Gasteiger partial charge in [0.25, 0.3) is 0 Å². The van der Waals surface area contributed by atoms with Gasteiger partial charge in [-0.25, -0.2) is 0 Å². The van der Waals surface area contributed by atoms with Crippen LogP contribution in [-0.2, 0) is 0 Å². The van der Waals surface area contributed by atoms with E-state index in [4.69, 9.17) is 0 Å². The Labute approximate surface area is 45.2 Å². The molecule has 0 aromatic carbocycles. The zero-order valence-corrected chi connectivity index (χ0v) is 4.65. The van der Waals surface area contributed by atoms with Crippen molar-refractivity contribution in [3.8, 4) is 0 Å². The average Bonchev–Trinajstić information content (AvgIpc) is 2.14. The molecule has 0 atom stereocenters. The van der Waals surface area contributed by atoms with Crippen LogP contribution in [0.25, 0.3) is 0 Å². The summed E-state index contributed by atoms with van der Waals surface area (Å²) in [5, 5.41) is 3.20. The Hall–Kier alpha value is -0.235. The van der Waals surface area contributed by atoms with E-state index in [-0.39, 0.29) is 0 Å². The van der Waals surface area contributed by atoms with Gasteiger partial charge in [-0.1, -0.05) is 12.2 Å². The third kappa shape index (κ3) is 1.06. The zero-order valence-electron chi connectivity index (χ0n) is 4.65. The molecule has 1 nitrogen and oxygen atoms in total. The molecule has 7 heavy (non-hydrogen) atoms. The predicted octanol–water partition coefficient (Wildman–Crippen LogP) is -0.157. The fourth-order valence-corrected chi connectivity index (χ4v) is 0.853. The van der Waals surface area contributed by atoms with Crippen molar-refractivity contribution in [2.24, 2.45) is 0 Å². The first kappa shape index (κ1) is 4.91. The second-order valence-corrected chi connectivity index (χ2v) is 1.93. The van der Waals surface area contributed by atoms with Gasteiger partial charge in [0.1, 0.15) is 0 Å². The van der Waals surface area contributed by atoms with Crippen LogP contribution in [0.5, 0.6) is 0 Å². The van der Waals surface area contributed by atoms with Crippen LogP contribution in [0.1, 0.15) is 12.8 Å². The highest BCUT2D eigenvalue weighted by atomic mass is 14.8. The maximum Gasteiger partial charge on any atom is 0.182 e. The molecule has 0 saturated heterocycles. The Morgan fingerprint density at radius 1 is 1.43 bits per heavy atom. The van der Waals surface area contributed by atoms with Gasteiger partial charge in [0.15, 0.2) is 7.98 Å². The van der Waals surface area contributed by atoms with E-state index in [1.54, 1.807) is 0 Å². The Morgan fingerprint density at radius 2 is 2.00 bits per heavy atom. The fourth-order valence-electron chi connectivity index (χ4n) is 0.853. The van der Waals surface area contributed by atoms with Gasteiger partial charge >= 0.3 is 0 Å². The van der Waals surface area contributed by atoms with Crippen molar-refractivity contribution in [1.82, 2.24) is 5.23 Å². The summed E-state index contributed by atoms with van der Waals surface area (Å²) >= 11 is 0. The molecule has 2 heteroatoms. The van der Waals surface area contributed by atoms with Crippen molar-refractivity contribution in [2.45, 2.75) is 18.9 Å². The first-order chi connectivity index (χ1) is 3.43. The van der Waals surface area contributed by atoms with Gasteiger partial charge < -0.3 is 5.23 Å². The monoisotopic (exact) mass is 95.1 g/mol. The van der Waals surface area contributed by atoms with Crippen LogP contribution >= 0.6 is 0 Å². The van der Waals surface area contributed by atoms with Gasteiger partial charge in [-0.3, -0.25) is 0 Å². The number of nitrogens with one attached hydrogen (secondary N) is 1. The van der Waals surface area contributed by atoms with Crippen molar-refractivity contribution < 1.29 is 0 Å². The van der Waals surface area contributed by atoms with Crippen molar-refractivity contribution in [3.63, 3.8) is 0 Å². The second-order valence-electron chi connectivity index (χ2n) is 1.93. The molecule has 0 bridgehead atoms. The molecule has 1 N–H and O–H groups in total. The largest absolute Gasteiger partial charge is 0.359 e. The summed E-state index contributed by atoms with van der Waals surface area (Å²) in [6, 6.07) is 0.736. The van der Waals surface area contributed by atoms with E-state index in [9.17, 15) is 0 Å². The van der Waals surface area contributed by atoms with Crippen molar-refractivity contribution >= 4 is 7.98 Å². The van der Waals surface area contributed by atoms with E-state index >= 15 is 0 Å². The molecular formula is C5H10BN. The quantitative estimate of drug-likeness (QED) is 0.352. The van der Waals surface area contributed by atoms with E-state index in [1.165, 1.54) is 12.8 Å². The summed E-state index contributed by atoms with van der Waals surface area (Å²) < 4.78 is 0. The molecular weight excluding hydrogens is 84.9 g/mol. The molecule has 1 rings (SSSR count). The molecule has 0 heterocycles. The highest BCUT2D eigenvalue weighted by molar-refractivity contribution is 6.04. The van der Waals surface area contributed by atoms with E-state index in [1.807, 2.05) is 7.98 Å². The minimum atomic E-state index is 0.736. The normalized spacial score (nSPS) is 21.1. The Morgan fingerprint density at radius 3 is 2.29 bits per heavy atom. The molecule has 0 aromatic heterocycles. The van der Waals surface area contributed by atoms with E-state index < -0.39 is 0 Å². The number of hydrogen-bond acceptors (Lipinski definition) is 1. The molecule has 1 aliphatic rings. The minimum absolute atomic E-state index is 0.736. The van der Waals surface area contributed by atoms with Crippen molar-refractivity contribution in [3.05, 3.63) is 12.2 Å². The standard InChI is InChI=1S/C5H10BN/c6-7-5-3-1-2-4-5/h1-2,5,7H,3-4,6H2. The molecule has 0 aromatic rings. The van der Waals surface area contributed by atoms with E-state index in [0.717, 1.165) is 6.04 Å². The molecule has 1 aliphatic carbocycles. The van der Waals surface area contributed by atoms with Gasteiger partial charge in [0.05, 0.1) is 0 Å². The van der Waals surface area contributed by atoms with Crippen LogP contribution in [-0.4, -0.2) is 14.0 Å². The lowest BCUT2D eigenvalue weighted by molar-refractivity contribution is 0.674. The van der Waals surface area contributed by atoms with Gasteiger partial charge in [0.2, 0.25) is 0 Å². The summed E-state index contributed by atoms with van der Waals surface area (Å²) in [7, 11) is 2.01. The van der Waals surface area contributed by atoms with Crippen LogP contribution in [0.2, 0.25) is 0 Å². The van der Waals surface area contributed by atoms with Crippen LogP contribution in [0.15, 0.2) is 12.2 Å². The van der Waals surface area contributed by atoms with Crippen LogP contribution < -0.4 is 5.23 Å². The molecule has 0 amide bonds. The topological polar surface area (TPSA) is 12.0 Å². The number of hydrogen-bond donors (Lipinski definition) is 1. The molecule has 0 saturated carbocycles. The Kier molecular flexibility index (Phi) is 1.52. The fraction of sp³-hybridized carbons (Fsp3) is 0.600. The predicted molar refractivity (Wildman–Crippen MR) is 33.8 cm³/mol. The van der Waals surface area contributed by atoms with Crippen LogP contribution in [0, 0.1) is 0 Å². The lowest BCUT2D eigenvalue weighted by atomic mass is 10.2. The van der Waals surface area contributed by atoms with Crippen molar-refractivity contribution in [2.75, 3.05) is 0 Å². The molecule has 0 fully saturated rings. The summed E-state index contributed by atoms with van der Waals surface area (Å²) in [4.78, 5) is 0. The molecule has 0 radical (unpaired) electrons. The van der Waals surface area contributed by atoms with Crippen molar-refractivity contribution in [1.29, 1.82) is 0 Å². The highest BCUT2D eigenvalue weighted by Gasteiger charge is 2.04. The lowest BCUT2D eigenvalue weighted by Gasteiger charge is -2.03. The Bertz CT molecular complexity index is 72.1. The summed E-state index contributed by atoms with van der Waals surface area (Å²) in [5.41, 5.74) is 0. The van der Waals surface area contributed by atoms with Crippen LogP contribution in [0.3, 0.4) is 0 Å². The van der Waals surface area contributed by atoms with Crippen LogP contribution in [0.4, 0.5) is 0 Å². The maximum absolute atomic E-state index is 3.20. The smallest absolute Gasteiger partial charge is 0.182 e. The second kappa shape index (κ2) is 2.17. The molecule has 0 aliphatic heterocycles. The van der Waals surface area contributed by atoms with Gasteiger partial charge in [-0.15, -0.1) is 0 Å². The molecule has 0 unspecified atom stereocenters. The average molecular weight is 95.0 g/mol. The lowest BCUT2D eigenvalue weighted by Crippen LogP contribution is -2.22. The third-order valence-electron chi connectivity index (χ3n) is 1.42. The van der Waals surface area contributed by atoms with E-state index in [2.05, 4.69) is 17.4 Å². The van der Waals surface area contributed by atoms with Gasteiger partial charge in [-0.05, 0) is 12.8 Å². The minimum Gasteiger partial charge on any atom is -0.359 e. The zero-order chi connectivity index (χ0) is 5.11. The highest BCUT2D eigenvalue weighted by Crippen LogP contribution is 2.07. The Balaban J connectivity index is 2.22. The van der Waals surface area contributed by atoms with Gasteiger partial charge in [-0.2, -0.15) is 0 Å². The summed E-state index contributed by atoms with van der Waals surface area (Å²) in [6.07, 6.45) is 6.88. The molecule has 0 spiro atoms. The summed E-state index contributed by atoms with van der Waals surface area (Å²) in [5.74, 6) is 0. The number of rotatable bonds is 1. The molecule has 38 valence electrons. The first-order valence-corrected chi connectivity index (χ1v) is 2.76.